The Hall–Kier alpha value is -2.17. The van der Waals surface area contributed by atoms with Crippen LogP contribution in [0.1, 0.15) is 23.3 Å². The van der Waals surface area contributed by atoms with Gasteiger partial charge in [-0.15, -0.1) is 11.3 Å². The number of alkyl halides is 3. The lowest BCUT2D eigenvalue weighted by molar-refractivity contribution is -0.137. The van der Waals surface area contributed by atoms with E-state index in [1.807, 2.05) is 17.5 Å². The van der Waals surface area contributed by atoms with Crippen molar-refractivity contribution in [2.24, 2.45) is 0 Å². The number of nitrogens with zero attached hydrogens (tertiary/aromatic N) is 1. The summed E-state index contributed by atoms with van der Waals surface area (Å²) in [6.07, 6.45) is -2.30. The van der Waals surface area contributed by atoms with Gasteiger partial charge in [-0.3, -0.25) is 14.5 Å². The van der Waals surface area contributed by atoms with Crippen molar-refractivity contribution in [1.82, 2.24) is 4.90 Å². The predicted molar refractivity (Wildman–Crippen MR) is 114 cm³/mol. The van der Waals surface area contributed by atoms with Gasteiger partial charge >= 0.3 is 6.18 Å². The van der Waals surface area contributed by atoms with E-state index in [1.54, 1.807) is 6.08 Å². The number of hydrogen-bond acceptors (Lipinski definition) is 5. The summed E-state index contributed by atoms with van der Waals surface area (Å²) in [6, 6.07) is 8.24. The molecule has 2 amide bonds. The van der Waals surface area contributed by atoms with Crippen molar-refractivity contribution in [3.8, 4) is 0 Å². The van der Waals surface area contributed by atoms with Crippen molar-refractivity contribution in [2.75, 3.05) is 11.9 Å². The van der Waals surface area contributed by atoms with Crippen LogP contribution in [0.25, 0.3) is 6.08 Å². The van der Waals surface area contributed by atoms with E-state index in [4.69, 9.17) is 12.2 Å². The van der Waals surface area contributed by atoms with Crippen LogP contribution in [0.15, 0.2) is 46.7 Å². The van der Waals surface area contributed by atoms with Crippen LogP contribution in [0.4, 0.5) is 18.9 Å². The molecule has 3 rings (SSSR count). The van der Waals surface area contributed by atoms with E-state index in [0.29, 0.717) is 15.6 Å². The highest BCUT2D eigenvalue weighted by atomic mass is 32.2. The fourth-order valence-electron chi connectivity index (χ4n) is 2.59. The zero-order valence-corrected chi connectivity index (χ0v) is 17.3. The summed E-state index contributed by atoms with van der Waals surface area (Å²) >= 11 is 7.97. The maximum absolute atomic E-state index is 12.7. The summed E-state index contributed by atoms with van der Waals surface area (Å²) in [5.74, 6) is -0.629. The molecule has 1 aromatic carbocycles. The summed E-state index contributed by atoms with van der Waals surface area (Å²) in [4.78, 5) is 27.5. The van der Waals surface area contributed by atoms with Gasteiger partial charge in [0.2, 0.25) is 5.91 Å². The second-order valence-electron chi connectivity index (χ2n) is 6.08. The molecule has 1 aliphatic rings. The number of benzene rings is 1. The largest absolute Gasteiger partial charge is 0.416 e. The minimum atomic E-state index is -4.47. The van der Waals surface area contributed by atoms with Crippen LogP contribution in [0, 0.1) is 0 Å². The molecule has 1 aromatic heterocycles. The number of rotatable bonds is 6. The first-order chi connectivity index (χ1) is 13.7. The van der Waals surface area contributed by atoms with Gasteiger partial charge in [-0.25, -0.2) is 0 Å². The third-order valence-corrected chi connectivity index (χ3v) is 6.15. The quantitative estimate of drug-likeness (QED) is 0.468. The fourth-order valence-corrected chi connectivity index (χ4v) is 4.62. The number of thioether (sulfide) groups is 1. The third kappa shape index (κ3) is 5.68. The summed E-state index contributed by atoms with van der Waals surface area (Å²) < 4.78 is 38.6. The molecule has 29 heavy (non-hydrogen) atoms. The Bertz CT molecular complexity index is 956. The van der Waals surface area contributed by atoms with Gasteiger partial charge in [-0.2, -0.15) is 13.2 Å². The van der Waals surface area contributed by atoms with Crippen molar-refractivity contribution in [3.63, 3.8) is 0 Å². The first kappa shape index (κ1) is 21.5. The average molecular weight is 457 g/mol. The molecule has 2 heterocycles. The molecule has 0 bridgehead atoms. The first-order valence-corrected chi connectivity index (χ1v) is 10.6. The molecule has 152 valence electrons. The lowest BCUT2D eigenvalue weighted by Gasteiger charge is -2.14. The number of amides is 2. The van der Waals surface area contributed by atoms with Crippen molar-refractivity contribution >= 4 is 63.2 Å². The van der Waals surface area contributed by atoms with Crippen LogP contribution in [0.3, 0.4) is 0 Å². The van der Waals surface area contributed by atoms with E-state index >= 15 is 0 Å². The summed E-state index contributed by atoms with van der Waals surface area (Å²) in [7, 11) is 0. The highest BCUT2D eigenvalue weighted by molar-refractivity contribution is 8.26. The normalized spacial score (nSPS) is 16.0. The van der Waals surface area contributed by atoms with Gasteiger partial charge in [0.1, 0.15) is 4.32 Å². The molecule has 0 radical (unpaired) electrons. The molecule has 0 unspecified atom stereocenters. The maximum Gasteiger partial charge on any atom is 0.416 e. The number of carbonyl (C=O) groups excluding carboxylic acids is 2. The Morgan fingerprint density at radius 2 is 2.03 bits per heavy atom. The minimum absolute atomic E-state index is 0.0529. The third-order valence-electron chi connectivity index (χ3n) is 3.95. The molecule has 1 N–H and O–H groups in total. The van der Waals surface area contributed by atoms with E-state index < -0.39 is 17.6 Å². The van der Waals surface area contributed by atoms with Crippen molar-refractivity contribution in [1.29, 1.82) is 0 Å². The molecule has 1 fully saturated rings. The van der Waals surface area contributed by atoms with Crippen LogP contribution >= 0.6 is 35.3 Å². The Balaban J connectivity index is 1.51. The number of nitrogens with one attached hydrogen (secondary N) is 1. The number of anilines is 1. The topological polar surface area (TPSA) is 49.4 Å². The van der Waals surface area contributed by atoms with Crippen molar-refractivity contribution in [2.45, 2.75) is 19.0 Å². The van der Waals surface area contributed by atoms with Gasteiger partial charge in [-0.05, 0) is 42.1 Å². The average Bonchev–Trinajstić information content (AvgIpc) is 3.25. The summed E-state index contributed by atoms with van der Waals surface area (Å²) in [5.41, 5.74) is -0.750. The van der Waals surface area contributed by atoms with Gasteiger partial charge in [0.15, 0.2) is 0 Å². The fraction of sp³-hybridized carbons (Fsp3) is 0.211. The van der Waals surface area contributed by atoms with Gasteiger partial charge < -0.3 is 5.32 Å². The molecule has 1 saturated heterocycles. The molecule has 1 aliphatic heterocycles. The lowest BCUT2D eigenvalue weighted by Crippen LogP contribution is -2.29. The van der Waals surface area contributed by atoms with Crippen LogP contribution < -0.4 is 5.32 Å². The first-order valence-electron chi connectivity index (χ1n) is 8.50. The number of halogens is 3. The van der Waals surface area contributed by atoms with E-state index in [9.17, 15) is 22.8 Å². The molecule has 10 heteroatoms. The smallest absolute Gasteiger partial charge is 0.326 e. The van der Waals surface area contributed by atoms with Crippen molar-refractivity contribution in [3.05, 3.63) is 57.1 Å². The van der Waals surface area contributed by atoms with Gasteiger partial charge in [0.05, 0.1) is 10.5 Å². The molecule has 2 aromatic rings. The number of thiophene rings is 1. The molecule has 0 atom stereocenters. The van der Waals surface area contributed by atoms with Gasteiger partial charge in [-0.1, -0.05) is 36.1 Å². The number of thiocarbonyl (C=S) groups is 1. The van der Waals surface area contributed by atoms with Crippen LogP contribution in [-0.2, 0) is 15.8 Å². The van der Waals surface area contributed by atoms with Crippen LogP contribution in [0.2, 0.25) is 0 Å². The van der Waals surface area contributed by atoms with E-state index in [2.05, 4.69) is 5.32 Å². The molecular weight excluding hydrogens is 441 g/mol. The Labute approximate surface area is 178 Å². The van der Waals surface area contributed by atoms with E-state index in [0.717, 1.165) is 17.0 Å². The van der Waals surface area contributed by atoms with Crippen LogP contribution in [0.5, 0.6) is 0 Å². The molecule has 4 nitrogen and oxygen atoms in total. The zero-order chi connectivity index (χ0) is 21.0. The highest BCUT2D eigenvalue weighted by Crippen LogP contribution is 2.33. The Kier molecular flexibility index (Phi) is 6.76. The van der Waals surface area contributed by atoms with E-state index in [-0.39, 0.29) is 24.6 Å². The molecular formula is C19H15F3N2O2S3. The molecule has 0 aliphatic carbocycles. The molecule has 0 spiro atoms. The second kappa shape index (κ2) is 9.10. The van der Waals surface area contributed by atoms with Gasteiger partial charge in [0, 0.05) is 23.5 Å². The minimum Gasteiger partial charge on any atom is -0.326 e. The van der Waals surface area contributed by atoms with E-state index in [1.165, 1.54) is 40.1 Å². The Morgan fingerprint density at radius 1 is 1.24 bits per heavy atom. The SMILES string of the molecule is O=C(CCCN1C(=O)C(=Cc2cccs2)SC1=S)Nc1cccc(C(F)(F)F)c1. The summed E-state index contributed by atoms with van der Waals surface area (Å²) in [6.45, 7) is 0.266. The highest BCUT2D eigenvalue weighted by Gasteiger charge is 2.32. The Morgan fingerprint density at radius 3 is 2.72 bits per heavy atom. The van der Waals surface area contributed by atoms with Gasteiger partial charge in [0.25, 0.3) is 5.91 Å². The maximum atomic E-state index is 12.7. The zero-order valence-electron chi connectivity index (χ0n) is 14.9. The second-order valence-corrected chi connectivity index (χ2v) is 8.73. The number of carbonyl (C=O) groups is 2. The lowest BCUT2D eigenvalue weighted by atomic mass is 10.2. The van der Waals surface area contributed by atoms with Crippen molar-refractivity contribution < 1.29 is 22.8 Å². The molecule has 0 saturated carbocycles. The van der Waals surface area contributed by atoms with Crippen LogP contribution in [-0.4, -0.2) is 27.6 Å². The monoisotopic (exact) mass is 456 g/mol. The standard InChI is InChI=1S/C19H15F3N2O2S3/c20-19(21,22)12-4-1-5-13(10-12)23-16(25)7-2-8-24-17(26)15(29-18(24)27)11-14-6-3-9-28-14/h1,3-6,9-11H,2,7-8H2,(H,23,25). The predicted octanol–water partition coefficient (Wildman–Crippen LogP) is 5.39. The number of hydrogen-bond donors (Lipinski definition) is 1. The summed E-state index contributed by atoms with van der Waals surface area (Å²) in [5, 5.41) is 4.36.